The first-order chi connectivity index (χ1) is 9.74. The van der Waals surface area contributed by atoms with Crippen molar-refractivity contribution in [2.75, 3.05) is 6.54 Å². The number of hydrogen-bond acceptors (Lipinski definition) is 6. The molecule has 0 spiro atoms. The number of carbonyl (C=O) groups is 1. The summed E-state index contributed by atoms with van der Waals surface area (Å²) < 4.78 is 6.66. The third-order valence-electron chi connectivity index (χ3n) is 3.44. The Bertz CT molecular complexity index is 579. The number of hydrogen-bond donors (Lipinski definition) is 0. The van der Waals surface area contributed by atoms with Gasteiger partial charge in [0.2, 0.25) is 11.8 Å². The number of carbonyl (C=O) groups excluding carboxylic acids is 1. The molecular formula is C12H16N6O2. The van der Waals surface area contributed by atoms with Crippen LogP contribution < -0.4 is 0 Å². The molecule has 0 aromatic carbocycles. The molecule has 3 rings (SSSR count). The van der Waals surface area contributed by atoms with Crippen LogP contribution in [0, 0.1) is 6.92 Å². The molecule has 8 heteroatoms. The summed E-state index contributed by atoms with van der Waals surface area (Å²) in [6.45, 7) is 3.03. The van der Waals surface area contributed by atoms with Gasteiger partial charge in [0.05, 0.1) is 18.8 Å². The number of aryl methyl sites for hydroxylation is 2. The molecule has 0 bridgehead atoms. The summed E-state index contributed by atoms with van der Waals surface area (Å²) in [7, 11) is 0. The SMILES string of the molecule is Cc1nc(C2CCCN2C(=O)CCn2ccnn2)no1. The van der Waals surface area contributed by atoms with Crippen molar-refractivity contribution in [1.82, 2.24) is 30.0 Å². The van der Waals surface area contributed by atoms with Crippen molar-refractivity contribution < 1.29 is 9.32 Å². The third kappa shape index (κ3) is 2.54. The molecule has 1 atom stereocenters. The van der Waals surface area contributed by atoms with E-state index in [4.69, 9.17) is 4.52 Å². The minimum Gasteiger partial charge on any atom is -0.340 e. The van der Waals surface area contributed by atoms with E-state index in [9.17, 15) is 4.79 Å². The van der Waals surface area contributed by atoms with E-state index in [2.05, 4.69) is 20.5 Å². The summed E-state index contributed by atoms with van der Waals surface area (Å²) in [5.74, 6) is 1.22. The fraction of sp³-hybridized carbons (Fsp3) is 0.583. The maximum atomic E-state index is 12.3. The van der Waals surface area contributed by atoms with Gasteiger partial charge in [-0.1, -0.05) is 10.4 Å². The van der Waals surface area contributed by atoms with Gasteiger partial charge in [-0.05, 0) is 12.8 Å². The molecule has 20 heavy (non-hydrogen) atoms. The van der Waals surface area contributed by atoms with Gasteiger partial charge < -0.3 is 9.42 Å². The highest BCUT2D eigenvalue weighted by Crippen LogP contribution is 2.30. The third-order valence-corrected chi connectivity index (χ3v) is 3.44. The van der Waals surface area contributed by atoms with Crippen LogP contribution in [0.2, 0.25) is 0 Å². The highest BCUT2D eigenvalue weighted by Gasteiger charge is 2.32. The quantitative estimate of drug-likeness (QED) is 0.817. The average Bonchev–Trinajstić information content (AvgIpc) is 3.16. The van der Waals surface area contributed by atoms with Crippen LogP contribution in [-0.2, 0) is 11.3 Å². The van der Waals surface area contributed by atoms with Crippen molar-refractivity contribution in [2.45, 2.75) is 38.8 Å². The molecule has 3 heterocycles. The molecule has 1 unspecified atom stereocenters. The fourth-order valence-electron chi connectivity index (χ4n) is 2.49. The smallest absolute Gasteiger partial charge is 0.225 e. The molecule has 106 valence electrons. The Morgan fingerprint density at radius 1 is 1.55 bits per heavy atom. The summed E-state index contributed by atoms with van der Waals surface area (Å²) in [6, 6.07) is -0.0595. The zero-order chi connectivity index (χ0) is 13.9. The van der Waals surface area contributed by atoms with Crippen LogP contribution in [0.3, 0.4) is 0 Å². The Morgan fingerprint density at radius 2 is 2.45 bits per heavy atom. The van der Waals surface area contributed by atoms with Crippen molar-refractivity contribution in [2.24, 2.45) is 0 Å². The Kier molecular flexibility index (Phi) is 3.44. The summed E-state index contributed by atoms with van der Waals surface area (Å²) in [5, 5.41) is 11.5. The molecule has 2 aromatic rings. The molecular weight excluding hydrogens is 260 g/mol. The number of nitrogens with zero attached hydrogens (tertiary/aromatic N) is 6. The summed E-state index contributed by atoms with van der Waals surface area (Å²) in [5.41, 5.74) is 0. The van der Waals surface area contributed by atoms with Crippen molar-refractivity contribution in [1.29, 1.82) is 0 Å². The first kappa shape index (κ1) is 12.8. The average molecular weight is 276 g/mol. The molecule has 1 saturated heterocycles. The van der Waals surface area contributed by atoms with Gasteiger partial charge in [0.15, 0.2) is 5.82 Å². The van der Waals surface area contributed by atoms with Crippen LogP contribution in [-0.4, -0.2) is 42.5 Å². The largest absolute Gasteiger partial charge is 0.340 e. The molecule has 2 aromatic heterocycles. The summed E-state index contributed by atoms with van der Waals surface area (Å²) >= 11 is 0. The molecule has 0 saturated carbocycles. The molecule has 0 aliphatic carbocycles. The molecule has 0 N–H and O–H groups in total. The summed E-state index contributed by atoms with van der Waals surface area (Å²) in [4.78, 5) is 18.4. The highest BCUT2D eigenvalue weighted by atomic mass is 16.5. The van der Waals surface area contributed by atoms with E-state index < -0.39 is 0 Å². The fourth-order valence-corrected chi connectivity index (χ4v) is 2.49. The van der Waals surface area contributed by atoms with E-state index >= 15 is 0 Å². The number of likely N-dealkylation sites (tertiary alicyclic amines) is 1. The second-order valence-electron chi connectivity index (χ2n) is 4.83. The Balaban J connectivity index is 1.64. The van der Waals surface area contributed by atoms with Gasteiger partial charge in [0.1, 0.15) is 0 Å². The van der Waals surface area contributed by atoms with Crippen molar-refractivity contribution in [3.05, 3.63) is 24.1 Å². The number of aromatic nitrogens is 5. The minimum atomic E-state index is -0.0595. The Labute approximate surface area is 115 Å². The number of amides is 1. The topological polar surface area (TPSA) is 89.9 Å². The zero-order valence-electron chi connectivity index (χ0n) is 11.3. The highest BCUT2D eigenvalue weighted by molar-refractivity contribution is 5.76. The van der Waals surface area contributed by atoms with Crippen LogP contribution in [0.15, 0.2) is 16.9 Å². The predicted octanol–water partition coefficient (Wildman–Crippen LogP) is 0.723. The van der Waals surface area contributed by atoms with E-state index in [1.54, 1.807) is 24.0 Å². The molecule has 8 nitrogen and oxygen atoms in total. The van der Waals surface area contributed by atoms with Gasteiger partial charge in [0.25, 0.3) is 0 Å². The Morgan fingerprint density at radius 3 is 3.15 bits per heavy atom. The molecule has 1 amide bonds. The maximum absolute atomic E-state index is 12.3. The van der Waals surface area contributed by atoms with E-state index in [-0.39, 0.29) is 11.9 Å². The van der Waals surface area contributed by atoms with Crippen LogP contribution in [0.5, 0.6) is 0 Å². The van der Waals surface area contributed by atoms with Gasteiger partial charge in [0, 0.05) is 26.1 Å². The first-order valence-electron chi connectivity index (χ1n) is 6.68. The second-order valence-corrected chi connectivity index (χ2v) is 4.83. The molecule has 1 aliphatic rings. The van der Waals surface area contributed by atoms with E-state index in [0.29, 0.717) is 24.7 Å². The van der Waals surface area contributed by atoms with Crippen LogP contribution in [0.25, 0.3) is 0 Å². The van der Waals surface area contributed by atoms with Crippen LogP contribution in [0.1, 0.15) is 37.0 Å². The van der Waals surface area contributed by atoms with E-state index in [1.165, 1.54) is 0 Å². The van der Waals surface area contributed by atoms with Crippen molar-refractivity contribution in [3.8, 4) is 0 Å². The number of rotatable bonds is 4. The van der Waals surface area contributed by atoms with Gasteiger partial charge in [-0.15, -0.1) is 5.10 Å². The van der Waals surface area contributed by atoms with Gasteiger partial charge >= 0.3 is 0 Å². The lowest BCUT2D eigenvalue weighted by molar-refractivity contribution is -0.132. The predicted molar refractivity (Wildman–Crippen MR) is 67.4 cm³/mol. The normalized spacial score (nSPS) is 18.6. The maximum Gasteiger partial charge on any atom is 0.225 e. The van der Waals surface area contributed by atoms with Gasteiger partial charge in [-0.2, -0.15) is 4.98 Å². The molecule has 1 aliphatic heterocycles. The van der Waals surface area contributed by atoms with Crippen LogP contribution in [0.4, 0.5) is 0 Å². The molecule has 1 fully saturated rings. The van der Waals surface area contributed by atoms with Gasteiger partial charge in [-0.3, -0.25) is 9.48 Å². The second kappa shape index (κ2) is 5.40. The first-order valence-corrected chi connectivity index (χ1v) is 6.68. The van der Waals surface area contributed by atoms with E-state index in [1.807, 2.05) is 4.90 Å². The minimum absolute atomic E-state index is 0.0595. The van der Waals surface area contributed by atoms with Crippen molar-refractivity contribution in [3.63, 3.8) is 0 Å². The monoisotopic (exact) mass is 276 g/mol. The lowest BCUT2D eigenvalue weighted by atomic mass is 10.2. The van der Waals surface area contributed by atoms with Crippen molar-refractivity contribution >= 4 is 5.91 Å². The molecule has 0 radical (unpaired) electrons. The lowest BCUT2D eigenvalue weighted by Crippen LogP contribution is -2.31. The zero-order valence-corrected chi connectivity index (χ0v) is 11.3. The Hall–Kier alpha value is -2.25. The standard InChI is InChI=1S/C12H16N6O2/c1-9-14-12(15-20-9)10-3-2-6-18(10)11(19)4-7-17-8-5-13-16-17/h5,8,10H,2-4,6-7H2,1H3. The van der Waals surface area contributed by atoms with Crippen LogP contribution >= 0.6 is 0 Å². The van der Waals surface area contributed by atoms with E-state index in [0.717, 1.165) is 19.4 Å². The summed E-state index contributed by atoms with van der Waals surface area (Å²) in [6.07, 6.45) is 5.60. The lowest BCUT2D eigenvalue weighted by Gasteiger charge is -2.22. The van der Waals surface area contributed by atoms with Gasteiger partial charge in [-0.25, -0.2) is 0 Å².